The third kappa shape index (κ3) is 2.32. The number of hydrazine groups is 1. The van der Waals surface area contributed by atoms with Crippen LogP contribution in [0.2, 0.25) is 0 Å². The lowest BCUT2D eigenvalue weighted by atomic mass is 10.1. The van der Waals surface area contributed by atoms with Crippen molar-refractivity contribution in [2.75, 3.05) is 0 Å². The zero-order valence-corrected chi connectivity index (χ0v) is 9.71. The van der Waals surface area contributed by atoms with Crippen LogP contribution in [-0.4, -0.2) is 21.5 Å². The van der Waals surface area contributed by atoms with Gasteiger partial charge in [-0.2, -0.15) is 0 Å². The first-order valence-corrected chi connectivity index (χ1v) is 5.86. The molecule has 1 fully saturated rings. The summed E-state index contributed by atoms with van der Waals surface area (Å²) in [5, 5.41) is 4.10. The maximum atomic E-state index is 5.48. The summed E-state index contributed by atoms with van der Waals surface area (Å²) < 4.78 is 3.96. The van der Waals surface area contributed by atoms with Gasteiger partial charge in [0.25, 0.3) is 0 Å². The van der Waals surface area contributed by atoms with Crippen molar-refractivity contribution in [2.24, 2.45) is 10.8 Å². The Hall–Kier alpha value is -1.01. The minimum Gasteiger partial charge on any atom is -0.307 e. The van der Waals surface area contributed by atoms with E-state index in [1.165, 1.54) is 11.5 Å². The summed E-state index contributed by atoms with van der Waals surface area (Å²) in [6.07, 6.45) is 2.32. The maximum Gasteiger partial charge on any atom is 0.156 e. The Morgan fingerprint density at radius 3 is 2.87 bits per heavy atom. The van der Waals surface area contributed by atoms with E-state index in [1.54, 1.807) is 0 Å². The van der Waals surface area contributed by atoms with Gasteiger partial charge in [0, 0.05) is 0 Å². The monoisotopic (exact) mass is 225 g/mol. The molecule has 1 aliphatic rings. The Morgan fingerprint density at radius 1 is 1.60 bits per heavy atom. The molecule has 0 spiro atoms. The topological polar surface area (TPSA) is 76.2 Å². The quantitative estimate of drug-likeness (QED) is 0.349. The van der Waals surface area contributed by atoms with E-state index in [9.17, 15) is 0 Å². The van der Waals surface area contributed by atoms with Crippen molar-refractivity contribution in [3.05, 3.63) is 10.6 Å². The minimum atomic E-state index is 0.344. The molecule has 5 nitrogen and oxygen atoms in total. The predicted molar refractivity (Wildman–Crippen MR) is 60.9 cm³/mol. The number of nitrogens with two attached hydrogens (primary N) is 1. The SMILES string of the molecule is CC(C)c1nnsc1C(=NC1CC1)NN. The van der Waals surface area contributed by atoms with Crippen LogP contribution in [0.1, 0.15) is 43.2 Å². The Balaban J connectivity index is 2.29. The van der Waals surface area contributed by atoms with Crippen LogP contribution in [0.4, 0.5) is 0 Å². The second-order valence-electron chi connectivity index (χ2n) is 4.00. The molecule has 0 atom stereocenters. The van der Waals surface area contributed by atoms with Gasteiger partial charge in [-0.05, 0) is 30.3 Å². The van der Waals surface area contributed by atoms with Crippen LogP contribution in [0.3, 0.4) is 0 Å². The fourth-order valence-corrected chi connectivity index (χ4v) is 2.07. The molecule has 2 rings (SSSR count). The zero-order valence-electron chi connectivity index (χ0n) is 8.90. The molecule has 0 unspecified atom stereocenters. The van der Waals surface area contributed by atoms with Crippen molar-refractivity contribution >= 4 is 17.4 Å². The number of rotatable bonds is 3. The van der Waals surface area contributed by atoms with Crippen LogP contribution in [0.25, 0.3) is 0 Å². The van der Waals surface area contributed by atoms with Gasteiger partial charge in [0.05, 0.1) is 11.7 Å². The van der Waals surface area contributed by atoms with E-state index in [0.717, 1.165) is 29.2 Å². The average molecular weight is 225 g/mol. The summed E-state index contributed by atoms with van der Waals surface area (Å²) in [5.41, 5.74) is 3.62. The molecular weight excluding hydrogens is 210 g/mol. The first-order valence-electron chi connectivity index (χ1n) is 5.09. The molecule has 0 aliphatic heterocycles. The average Bonchev–Trinajstić information content (AvgIpc) is 2.89. The highest BCUT2D eigenvalue weighted by molar-refractivity contribution is 7.08. The highest BCUT2D eigenvalue weighted by Gasteiger charge is 2.23. The van der Waals surface area contributed by atoms with E-state index in [4.69, 9.17) is 5.84 Å². The van der Waals surface area contributed by atoms with Crippen LogP contribution in [0.15, 0.2) is 4.99 Å². The van der Waals surface area contributed by atoms with E-state index >= 15 is 0 Å². The van der Waals surface area contributed by atoms with Gasteiger partial charge in [-0.15, -0.1) is 5.10 Å². The first-order chi connectivity index (χ1) is 7.22. The number of nitrogens with zero attached hydrogens (tertiary/aromatic N) is 3. The summed E-state index contributed by atoms with van der Waals surface area (Å²) >= 11 is 1.35. The standard InChI is InChI=1S/C9H15N5S/c1-5(2)7-8(15-14-13-7)9(12-10)11-6-3-4-6/h5-6H,3-4,10H2,1-2H3,(H,11,12). The molecule has 15 heavy (non-hydrogen) atoms. The van der Waals surface area contributed by atoms with Gasteiger partial charge in [-0.25, -0.2) is 5.84 Å². The van der Waals surface area contributed by atoms with Gasteiger partial charge in [-0.1, -0.05) is 18.3 Å². The molecule has 82 valence electrons. The molecule has 0 saturated heterocycles. The molecular formula is C9H15N5S. The molecule has 0 amide bonds. The highest BCUT2D eigenvalue weighted by atomic mass is 32.1. The fraction of sp³-hybridized carbons (Fsp3) is 0.667. The maximum absolute atomic E-state index is 5.48. The second kappa shape index (κ2) is 4.24. The summed E-state index contributed by atoms with van der Waals surface area (Å²) in [5.74, 6) is 6.56. The van der Waals surface area contributed by atoms with Gasteiger partial charge in [0.2, 0.25) is 0 Å². The van der Waals surface area contributed by atoms with Gasteiger partial charge >= 0.3 is 0 Å². The summed E-state index contributed by atoms with van der Waals surface area (Å²) in [6.45, 7) is 4.18. The van der Waals surface area contributed by atoms with Gasteiger partial charge in [-0.3, -0.25) is 4.99 Å². The number of aliphatic imine (C=N–C) groups is 1. The number of hydrogen-bond donors (Lipinski definition) is 2. The molecule has 1 aromatic heterocycles. The number of aromatic nitrogens is 2. The molecule has 1 aliphatic carbocycles. The van der Waals surface area contributed by atoms with Crippen molar-refractivity contribution in [3.8, 4) is 0 Å². The smallest absolute Gasteiger partial charge is 0.156 e. The normalized spacial score (nSPS) is 17.2. The summed E-state index contributed by atoms with van der Waals surface area (Å²) in [7, 11) is 0. The van der Waals surface area contributed by atoms with E-state index < -0.39 is 0 Å². The van der Waals surface area contributed by atoms with Gasteiger partial charge in [0.1, 0.15) is 4.88 Å². The zero-order chi connectivity index (χ0) is 10.8. The molecule has 6 heteroatoms. The van der Waals surface area contributed by atoms with Crippen molar-refractivity contribution in [2.45, 2.75) is 38.6 Å². The Kier molecular flexibility index (Phi) is 2.97. The molecule has 0 aromatic carbocycles. The number of nitrogens with one attached hydrogen (secondary N) is 1. The third-order valence-corrected chi connectivity index (χ3v) is 3.02. The predicted octanol–water partition coefficient (Wildman–Crippen LogP) is 1.03. The lowest BCUT2D eigenvalue weighted by Gasteiger charge is -2.06. The minimum absolute atomic E-state index is 0.344. The van der Waals surface area contributed by atoms with Crippen molar-refractivity contribution in [1.82, 2.24) is 15.0 Å². The summed E-state index contributed by atoms with van der Waals surface area (Å²) in [6, 6.07) is 0.443. The van der Waals surface area contributed by atoms with Crippen LogP contribution < -0.4 is 11.3 Å². The van der Waals surface area contributed by atoms with Gasteiger partial charge in [0.15, 0.2) is 5.84 Å². The van der Waals surface area contributed by atoms with Crippen LogP contribution in [-0.2, 0) is 0 Å². The lowest BCUT2D eigenvalue weighted by Crippen LogP contribution is -2.31. The Bertz CT molecular complexity index is 366. The third-order valence-electron chi connectivity index (χ3n) is 2.27. The molecule has 3 N–H and O–H groups in total. The number of amidine groups is 1. The largest absolute Gasteiger partial charge is 0.307 e. The molecule has 1 saturated carbocycles. The van der Waals surface area contributed by atoms with Crippen LogP contribution in [0.5, 0.6) is 0 Å². The number of hydrogen-bond acceptors (Lipinski definition) is 5. The van der Waals surface area contributed by atoms with Crippen LogP contribution >= 0.6 is 11.5 Å². The lowest BCUT2D eigenvalue weighted by molar-refractivity contribution is 0.807. The molecule has 1 aromatic rings. The fourth-order valence-electron chi connectivity index (χ4n) is 1.29. The second-order valence-corrected chi connectivity index (χ2v) is 4.75. The van der Waals surface area contributed by atoms with E-state index in [0.29, 0.717) is 12.0 Å². The van der Waals surface area contributed by atoms with E-state index in [1.807, 2.05) is 0 Å². The Morgan fingerprint density at radius 2 is 2.33 bits per heavy atom. The van der Waals surface area contributed by atoms with Crippen molar-refractivity contribution in [3.63, 3.8) is 0 Å². The molecule has 1 heterocycles. The van der Waals surface area contributed by atoms with Crippen LogP contribution in [0, 0.1) is 0 Å². The highest BCUT2D eigenvalue weighted by Crippen LogP contribution is 2.26. The van der Waals surface area contributed by atoms with Crippen molar-refractivity contribution in [1.29, 1.82) is 0 Å². The van der Waals surface area contributed by atoms with E-state index in [2.05, 4.69) is 33.9 Å². The van der Waals surface area contributed by atoms with Crippen molar-refractivity contribution < 1.29 is 0 Å². The van der Waals surface area contributed by atoms with E-state index in [-0.39, 0.29) is 0 Å². The molecule has 0 bridgehead atoms. The Labute approximate surface area is 92.9 Å². The first kappa shape index (κ1) is 10.5. The molecule has 0 radical (unpaired) electrons. The van der Waals surface area contributed by atoms with Gasteiger partial charge < -0.3 is 5.43 Å². The summed E-state index contributed by atoms with van der Waals surface area (Å²) in [4.78, 5) is 5.47.